The highest BCUT2D eigenvalue weighted by Crippen LogP contribution is 2.28. The molecule has 5 heteroatoms. The van der Waals surface area contributed by atoms with Crippen molar-refractivity contribution >= 4 is 15.5 Å². The van der Waals surface area contributed by atoms with Crippen molar-refractivity contribution in [2.24, 2.45) is 0 Å². The molecule has 2 aromatic rings. The van der Waals surface area contributed by atoms with E-state index in [-0.39, 0.29) is 15.5 Å². The summed E-state index contributed by atoms with van der Waals surface area (Å²) in [5, 5.41) is 9.66. The predicted octanol–water partition coefficient (Wildman–Crippen LogP) is 2.29. The first-order chi connectivity index (χ1) is 8.93. The molecule has 1 N–H and O–H groups in total. The first-order valence-electron chi connectivity index (χ1n) is 5.73. The van der Waals surface area contributed by atoms with Gasteiger partial charge in [-0.05, 0) is 36.4 Å². The molecule has 0 spiro atoms. The third-order valence-corrected chi connectivity index (χ3v) is 4.64. The number of hydrogen-bond acceptors (Lipinski definition) is 4. The fourth-order valence-corrected chi connectivity index (χ4v) is 3.08. The van der Waals surface area contributed by atoms with Crippen LogP contribution < -0.4 is 4.90 Å². The standard InChI is InChI=1S/C14H15NO3S/c1-15(2)11-7-9-12(10-8-11)19(17,18)14-6-4-3-5-13(14)16/h3-10,16H,1-2H3. The van der Waals surface area contributed by atoms with E-state index in [1.165, 1.54) is 24.3 Å². The van der Waals surface area contributed by atoms with Crippen molar-refractivity contribution in [2.75, 3.05) is 19.0 Å². The summed E-state index contributed by atoms with van der Waals surface area (Å²) in [7, 11) is 0.0823. The van der Waals surface area contributed by atoms with Crippen LogP contribution in [0.2, 0.25) is 0 Å². The maximum atomic E-state index is 12.4. The quantitative estimate of drug-likeness (QED) is 0.935. The number of benzene rings is 2. The summed E-state index contributed by atoms with van der Waals surface area (Å²) in [6.07, 6.45) is 0. The first kappa shape index (κ1) is 13.4. The summed E-state index contributed by atoms with van der Waals surface area (Å²) >= 11 is 0. The Labute approximate surface area is 112 Å². The molecule has 0 fully saturated rings. The highest BCUT2D eigenvalue weighted by Gasteiger charge is 2.20. The van der Waals surface area contributed by atoms with Gasteiger partial charge in [-0.2, -0.15) is 0 Å². The third-order valence-electron chi connectivity index (χ3n) is 2.82. The number of sulfone groups is 1. The monoisotopic (exact) mass is 277 g/mol. The maximum absolute atomic E-state index is 12.4. The lowest BCUT2D eigenvalue weighted by Crippen LogP contribution is -2.09. The van der Waals surface area contributed by atoms with Gasteiger partial charge in [-0.3, -0.25) is 0 Å². The topological polar surface area (TPSA) is 57.6 Å². The van der Waals surface area contributed by atoms with Gasteiger partial charge in [-0.25, -0.2) is 8.42 Å². The van der Waals surface area contributed by atoms with E-state index in [0.717, 1.165) is 5.69 Å². The van der Waals surface area contributed by atoms with Gasteiger partial charge in [-0.1, -0.05) is 12.1 Å². The van der Waals surface area contributed by atoms with E-state index in [4.69, 9.17) is 0 Å². The average molecular weight is 277 g/mol. The number of nitrogens with zero attached hydrogens (tertiary/aromatic N) is 1. The molecular weight excluding hydrogens is 262 g/mol. The van der Waals surface area contributed by atoms with Gasteiger partial charge < -0.3 is 10.0 Å². The van der Waals surface area contributed by atoms with Gasteiger partial charge in [0.15, 0.2) is 0 Å². The van der Waals surface area contributed by atoms with Gasteiger partial charge in [-0.15, -0.1) is 0 Å². The summed E-state index contributed by atoms with van der Waals surface area (Å²) < 4.78 is 24.7. The van der Waals surface area contributed by atoms with E-state index in [9.17, 15) is 13.5 Å². The fourth-order valence-electron chi connectivity index (χ4n) is 1.73. The van der Waals surface area contributed by atoms with Gasteiger partial charge in [0.05, 0.1) is 4.90 Å². The molecule has 0 aliphatic carbocycles. The summed E-state index contributed by atoms with van der Waals surface area (Å²) in [4.78, 5) is 1.98. The molecule has 0 heterocycles. The molecule has 0 aliphatic heterocycles. The molecule has 0 radical (unpaired) electrons. The summed E-state index contributed by atoms with van der Waals surface area (Å²) in [6, 6.07) is 12.5. The van der Waals surface area contributed by atoms with Crippen LogP contribution in [0.15, 0.2) is 58.3 Å². The molecule has 0 bridgehead atoms. The average Bonchev–Trinajstić information content (AvgIpc) is 2.39. The van der Waals surface area contributed by atoms with Crippen LogP contribution in [-0.2, 0) is 9.84 Å². The lowest BCUT2D eigenvalue weighted by Gasteiger charge is -2.13. The van der Waals surface area contributed by atoms with Crippen molar-refractivity contribution in [1.82, 2.24) is 0 Å². The molecule has 0 saturated heterocycles. The minimum atomic E-state index is -3.68. The zero-order valence-electron chi connectivity index (χ0n) is 10.7. The minimum Gasteiger partial charge on any atom is -0.507 e. The van der Waals surface area contributed by atoms with Crippen LogP contribution in [-0.4, -0.2) is 27.6 Å². The van der Waals surface area contributed by atoms with Gasteiger partial charge >= 0.3 is 0 Å². The zero-order chi connectivity index (χ0) is 14.0. The van der Waals surface area contributed by atoms with Crippen LogP contribution in [0.1, 0.15) is 0 Å². The Hall–Kier alpha value is -2.01. The SMILES string of the molecule is CN(C)c1ccc(S(=O)(=O)c2ccccc2O)cc1. The van der Waals surface area contributed by atoms with E-state index in [1.807, 2.05) is 19.0 Å². The molecule has 100 valence electrons. The Bertz CT molecular complexity index is 676. The van der Waals surface area contributed by atoms with E-state index in [2.05, 4.69) is 0 Å². The van der Waals surface area contributed by atoms with Crippen LogP contribution in [0.4, 0.5) is 5.69 Å². The zero-order valence-corrected chi connectivity index (χ0v) is 11.6. The summed E-state index contributed by atoms with van der Waals surface area (Å²) in [5.41, 5.74) is 0.913. The molecule has 2 aromatic carbocycles. The molecule has 0 aliphatic rings. The Morgan fingerprint density at radius 1 is 0.947 bits per heavy atom. The molecule has 0 aromatic heterocycles. The van der Waals surface area contributed by atoms with Crippen LogP contribution in [0, 0.1) is 0 Å². The number of rotatable bonds is 3. The molecule has 2 rings (SSSR count). The summed E-state index contributed by atoms with van der Waals surface area (Å²) in [5.74, 6) is -0.237. The second kappa shape index (κ2) is 4.93. The lowest BCUT2D eigenvalue weighted by atomic mass is 10.3. The molecule has 0 saturated carbocycles. The number of anilines is 1. The maximum Gasteiger partial charge on any atom is 0.210 e. The second-order valence-corrected chi connectivity index (χ2v) is 6.28. The smallest absolute Gasteiger partial charge is 0.210 e. The van der Waals surface area contributed by atoms with Crippen molar-refractivity contribution in [3.63, 3.8) is 0 Å². The van der Waals surface area contributed by atoms with E-state index >= 15 is 0 Å². The lowest BCUT2D eigenvalue weighted by molar-refractivity contribution is 0.459. The number of para-hydroxylation sites is 1. The molecule has 0 atom stereocenters. The fraction of sp³-hybridized carbons (Fsp3) is 0.143. The van der Waals surface area contributed by atoms with E-state index in [0.29, 0.717) is 0 Å². The number of hydrogen-bond donors (Lipinski definition) is 1. The number of aromatic hydroxyl groups is 1. The number of phenolic OH excluding ortho intramolecular Hbond substituents is 1. The Morgan fingerprint density at radius 3 is 2.05 bits per heavy atom. The van der Waals surface area contributed by atoms with Crippen molar-refractivity contribution < 1.29 is 13.5 Å². The Morgan fingerprint density at radius 2 is 1.53 bits per heavy atom. The van der Waals surface area contributed by atoms with Gasteiger partial charge in [0.1, 0.15) is 10.6 Å². The molecule has 0 amide bonds. The van der Waals surface area contributed by atoms with Crippen LogP contribution in [0.3, 0.4) is 0 Å². The third kappa shape index (κ3) is 2.56. The molecule has 0 unspecified atom stereocenters. The van der Waals surface area contributed by atoms with Crippen molar-refractivity contribution in [3.05, 3.63) is 48.5 Å². The highest BCUT2D eigenvalue weighted by atomic mass is 32.2. The molecule has 4 nitrogen and oxygen atoms in total. The van der Waals surface area contributed by atoms with Crippen LogP contribution >= 0.6 is 0 Å². The largest absolute Gasteiger partial charge is 0.507 e. The van der Waals surface area contributed by atoms with Crippen molar-refractivity contribution in [2.45, 2.75) is 9.79 Å². The van der Waals surface area contributed by atoms with Gasteiger partial charge in [0, 0.05) is 19.8 Å². The van der Waals surface area contributed by atoms with E-state index in [1.54, 1.807) is 24.3 Å². The van der Waals surface area contributed by atoms with Gasteiger partial charge in [0.2, 0.25) is 9.84 Å². The molecule has 19 heavy (non-hydrogen) atoms. The van der Waals surface area contributed by atoms with Crippen LogP contribution in [0.25, 0.3) is 0 Å². The Balaban J connectivity index is 2.49. The minimum absolute atomic E-state index is 0.0763. The predicted molar refractivity (Wildman–Crippen MR) is 74.3 cm³/mol. The van der Waals surface area contributed by atoms with E-state index < -0.39 is 9.84 Å². The Kier molecular flexibility index (Phi) is 3.48. The summed E-state index contributed by atoms with van der Waals surface area (Å²) in [6.45, 7) is 0. The molecular formula is C14H15NO3S. The van der Waals surface area contributed by atoms with Gasteiger partial charge in [0.25, 0.3) is 0 Å². The van der Waals surface area contributed by atoms with Crippen LogP contribution in [0.5, 0.6) is 5.75 Å². The first-order valence-corrected chi connectivity index (χ1v) is 7.22. The van der Waals surface area contributed by atoms with Crippen molar-refractivity contribution in [3.8, 4) is 5.75 Å². The normalized spacial score (nSPS) is 11.3. The van der Waals surface area contributed by atoms with Crippen molar-refractivity contribution in [1.29, 1.82) is 0 Å². The highest BCUT2D eigenvalue weighted by molar-refractivity contribution is 7.91. The second-order valence-electron chi connectivity index (χ2n) is 4.36. The number of phenols is 1.